The molecule has 0 spiro atoms. The second-order valence-corrected chi connectivity index (χ2v) is 7.87. The van der Waals surface area contributed by atoms with Crippen molar-refractivity contribution in [2.24, 2.45) is 5.92 Å². The van der Waals surface area contributed by atoms with E-state index in [9.17, 15) is 18.4 Å². The molecule has 0 aliphatic carbocycles. The monoisotopic (exact) mass is 428 g/mol. The first-order valence-electron chi connectivity index (χ1n) is 10.1. The highest BCUT2D eigenvalue weighted by Gasteiger charge is 2.29. The first-order valence-corrected chi connectivity index (χ1v) is 10.1. The smallest absolute Gasteiger partial charge is 0.320 e. The largest absolute Gasteiger partial charge is 0.340 e. The Morgan fingerprint density at radius 3 is 2.39 bits per heavy atom. The van der Waals surface area contributed by atoms with E-state index in [0.717, 1.165) is 10.1 Å². The van der Waals surface area contributed by atoms with Crippen LogP contribution in [0.15, 0.2) is 48.5 Å². The molecule has 0 bridgehead atoms. The number of halogens is 2. The van der Waals surface area contributed by atoms with Crippen molar-refractivity contribution in [1.29, 1.82) is 0 Å². The maximum absolute atomic E-state index is 13.7. The van der Waals surface area contributed by atoms with Crippen LogP contribution in [0.2, 0.25) is 0 Å². The van der Waals surface area contributed by atoms with Gasteiger partial charge in [-0.15, -0.1) is 0 Å². The minimum absolute atomic E-state index is 0.0831. The lowest BCUT2D eigenvalue weighted by atomic mass is 10.0. The number of likely N-dealkylation sites (N-methyl/N-ethyl adjacent to an activating group) is 1. The summed E-state index contributed by atoms with van der Waals surface area (Å²) in [5, 5.41) is 2.80. The molecule has 8 heteroatoms. The zero-order valence-electron chi connectivity index (χ0n) is 18.0. The molecule has 0 unspecified atom stereocenters. The Bertz CT molecular complexity index is 1090. The zero-order chi connectivity index (χ0) is 22.7. The summed E-state index contributed by atoms with van der Waals surface area (Å²) in [4.78, 5) is 31.5. The van der Waals surface area contributed by atoms with Gasteiger partial charge < -0.3 is 10.2 Å². The third kappa shape index (κ3) is 4.73. The number of imidazole rings is 1. The highest BCUT2D eigenvalue weighted by atomic mass is 19.3. The van der Waals surface area contributed by atoms with Crippen molar-refractivity contribution < 1.29 is 18.4 Å². The van der Waals surface area contributed by atoms with Gasteiger partial charge in [0.2, 0.25) is 5.91 Å². The molecule has 0 aliphatic rings. The first kappa shape index (κ1) is 22.4. The fourth-order valence-corrected chi connectivity index (χ4v) is 3.51. The molecule has 31 heavy (non-hydrogen) atoms. The van der Waals surface area contributed by atoms with Crippen molar-refractivity contribution >= 4 is 22.8 Å². The van der Waals surface area contributed by atoms with Crippen LogP contribution in [0, 0.1) is 12.8 Å². The fraction of sp³-hybridized carbons (Fsp3) is 0.348. The molecule has 3 aromatic rings. The van der Waals surface area contributed by atoms with Gasteiger partial charge in [-0.2, -0.15) is 8.78 Å². The summed E-state index contributed by atoms with van der Waals surface area (Å²) in [5.41, 5.74) is 2.03. The average molecular weight is 428 g/mol. The molecular weight excluding hydrogens is 402 g/mol. The van der Waals surface area contributed by atoms with Crippen molar-refractivity contribution in [3.05, 3.63) is 65.5 Å². The quantitative estimate of drug-likeness (QED) is 0.615. The van der Waals surface area contributed by atoms with Gasteiger partial charge in [0.25, 0.3) is 5.91 Å². The number of amides is 2. The molecule has 0 fully saturated rings. The van der Waals surface area contributed by atoms with Crippen molar-refractivity contribution in [3.8, 4) is 0 Å². The van der Waals surface area contributed by atoms with Crippen LogP contribution < -0.4 is 5.32 Å². The van der Waals surface area contributed by atoms with Crippen molar-refractivity contribution in [3.63, 3.8) is 0 Å². The van der Waals surface area contributed by atoms with Gasteiger partial charge in [0, 0.05) is 12.6 Å². The number of carbonyl (C=O) groups excluding carboxylic acids is 2. The molecule has 0 saturated carbocycles. The summed E-state index contributed by atoms with van der Waals surface area (Å²) in [5.74, 6) is -0.834. The molecule has 0 radical (unpaired) electrons. The van der Waals surface area contributed by atoms with Gasteiger partial charge in [-0.05, 0) is 36.6 Å². The average Bonchev–Trinajstić information content (AvgIpc) is 3.09. The highest BCUT2D eigenvalue weighted by Crippen LogP contribution is 2.24. The lowest BCUT2D eigenvalue weighted by molar-refractivity contribution is -0.133. The Hall–Kier alpha value is -3.29. The number of nitrogens with one attached hydrogen (secondary N) is 1. The minimum Gasteiger partial charge on any atom is -0.340 e. The number of nitrogens with zero attached hydrogens (tertiary/aromatic N) is 3. The van der Waals surface area contributed by atoms with Crippen molar-refractivity contribution in [2.75, 3.05) is 7.05 Å². The van der Waals surface area contributed by atoms with Gasteiger partial charge in [-0.3, -0.25) is 14.2 Å². The third-order valence-electron chi connectivity index (χ3n) is 5.23. The van der Waals surface area contributed by atoms with Gasteiger partial charge in [0.05, 0.1) is 17.6 Å². The standard InChI is InChI=1S/C23H26F2N4O2/c1-14(2)20(27-21(30)16-10-6-5-9-15(16)3)22(31)28(4)13-19-26-17-11-7-8-12-18(17)29(19)23(24)25/h5-12,14,20,23H,13H2,1-4H3,(H,27,30)/t20-/m0/s1. The van der Waals surface area contributed by atoms with Gasteiger partial charge in [0.15, 0.2) is 0 Å². The summed E-state index contributed by atoms with van der Waals surface area (Å²) >= 11 is 0. The van der Waals surface area contributed by atoms with Crippen molar-refractivity contribution in [2.45, 2.75) is 39.9 Å². The van der Waals surface area contributed by atoms with E-state index in [4.69, 9.17) is 0 Å². The summed E-state index contributed by atoms with van der Waals surface area (Å²) < 4.78 is 28.2. The Balaban J connectivity index is 1.82. The number of alkyl halides is 2. The minimum atomic E-state index is -2.78. The van der Waals surface area contributed by atoms with Crippen molar-refractivity contribution in [1.82, 2.24) is 19.8 Å². The van der Waals surface area contributed by atoms with Crippen LogP contribution in [0.4, 0.5) is 8.78 Å². The molecule has 2 aromatic carbocycles. The number of benzene rings is 2. The SMILES string of the molecule is Cc1ccccc1C(=O)N[C@H](C(=O)N(C)Cc1nc2ccccc2n1C(F)F)C(C)C. The number of hydrogen-bond acceptors (Lipinski definition) is 3. The van der Waals surface area contributed by atoms with Crippen LogP contribution in [0.5, 0.6) is 0 Å². The summed E-state index contributed by atoms with van der Waals surface area (Å²) in [7, 11) is 1.52. The first-order chi connectivity index (χ1) is 14.7. The van der Waals surface area contributed by atoms with Crippen LogP contribution in [0.25, 0.3) is 11.0 Å². The van der Waals surface area contributed by atoms with E-state index < -0.39 is 12.6 Å². The lowest BCUT2D eigenvalue weighted by Crippen LogP contribution is -2.50. The second-order valence-electron chi connectivity index (χ2n) is 7.87. The number of rotatable bonds is 7. The zero-order valence-corrected chi connectivity index (χ0v) is 18.0. The molecule has 6 nitrogen and oxygen atoms in total. The van der Waals surface area contributed by atoms with E-state index in [1.54, 1.807) is 36.4 Å². The molecule has 1 heterocycles. The number of aryl methyl sites for hydroxylation is 1. The van der Waals surface area contributed by atoms with Gasteiger partial charge in [0.1, 0.15) is 11.9 Å². The molecule has 1 atom stereocenters. The number of carbonyl (C=O) groups is 2. The van der Waals surface area contributed by atoms with Crippen LogP contribution in [0.3, 0.4) is 0 Å². The predicted molar refractivity (Wildman–Crippen MR) is 115 cm³/mol. The van der Waals surface area contributed by atoms with E-state index in [1.807, 2.05) is 32.9 Å². The van der Waals surface area contributed by atoms with Gasteiger partial charge >= 0.3 is 6.55 Å². The Morgan fingerprint density at radius 1 is 1.10 bits per heavy atom. The third-order valence-corrected chi connectivity index (χ3v) is 5.23. The summed E-state index contributed by atoms with van der Waals surface area (Å²) in [6, 6.07) is 12.9. The summed E-state index contributed by atoms with van der Waals surface area (Å²) in [6.45, 7) is 2.57. The Morgan fingerprint density at radius 2 is 1.74 bits per heavy atom. The summed E-state index contributed by atoms with van der Waals surface area (Å²) in [6.07, 6.45) is 0. The maximum atomic E-state index is 13.7. The lowest BCUT2D eigenvalue weighted by Gasteiger charge is -2.27. The number of fused-ring (bicyclic) bond motifs is 1. The van der Waals surface area contributed by atoms with E-state index in [1.165, 1.54) is 11.9 Å². The molecular formula is C23H26F2N4O2. The molecule has 164 valence electrons. The Kier molecular flexibility index (Phi) is 6.68. The molecule has 3 rings (SSSR count). The van der Waals surface area contributed by atoms with E-state index in [2.05, 4.69) is 10.3 Å². The maximum Gasteiger partial charge on any atom is 0.320 e. The number of para-hydroxylation sites is 2. The fourth-order valence-electron chi connectivity index (χ4n) is 3.51. The van der Waals surface area contributed by atoms with Gasteiger partial charge in [-0.1, -0.05) is 44.2 Å². The molecule has 1 aromatic heterocycles. The van der Waals surface area contributed by atoms with Crippen LogP contribution >= 0.6 is 0 Å². The van der Waals surface area contributed by atoms with E-state index in [0.29, 0.717) is 16.6 Å². The normalized spacial score (nSPS) is 12.4. The molecule has 1 N–H and O–H groups in total. The van der Waals surface area contributed by atoms with E-state index >= 15 is 0 Å². The number of aromatic nitrogens is 2. The van der Waals surface area contributed by atoms with Crippen LogP contribution in [-0.4, -0.2) is 39.4 Å². The molecule has 0 aliphatic heterocycles. The van der Waals surface area contributed by atoms with Crippen LogP contribution in [0.1, 0.15) is 42.1 Å². The number of hydrogen-bond donors (Lipinski definition) is 1. The predicted octanol–water partition coefficient (Wildman–Crippen LogP) is 4.15. The Labute approximate surface area is 179 Å². The van der Waals surface area contributed by atoms with Gasteiger partial charge in [-0.25, -0.2) is 4.98 Å². The van der Waals surface area contributed by atoms with Crippen LogP contribution in [-0.2, 0) is 11.3 Å². The topological polar surface area (TPSA) is 67.2 Å². The second kappa shape index (κ2) is 9.24. The van der Waals surface area contributed by atoms with E-state index in [-0.39, 0.29) is 30.1 Å². The molecule has 0 saturated heterocycles. The highest BCUT2D eigenvalue weighted by molar-refractivity contribution is 5.98. The molecule has 2 amide bonds.